The van der Waals surface area contributed by atoms with Crippen molar-refractivity contribution >= 4 is 5.52 Å². The first kappa shape index (κ1) is 14.3. The first-order valence-electron chi connectivity index (χ1n) is 7.26. The van der Waals surface area contributed by atoms with Crippen LogP contribution in [-0.4, -0.2) is 14.8 Å². The first-order valence-corrected chi connectivity index (χ1v) is 7.26. The van der Waals surface area contributed by atoms with Crippen LogP contribution in [0.5, 0.6) is 0 Å². The highest BCUT2D eigenvalue weighted by molar-refractivity contribution is 5.91. The van der Waals surface area contributed by atoms with Gasteiger partial charge in [0.2, 0.25) is 12.4 Å². The molecule has 0 unspecified atom stereocenters. The normalized spacial score (nSPS) is 11.1. The molecule has 0 radical (unpaired) electrons. The average Bonchev–Trinajstić information content (AvgIpc) is 2.94. The molecule has 1 N–H and O–H groups in total. The Morgan fingerprint density at radius 2 is 1.50 bits per heavy atom. The zero-order chi connectivity index (χ0) is 16.7. The Kier molecular flexibility index (Phi) is 3.23. The zero-order valence-corrected chi connectivity index (χ0v) is 12.4. The van der Waals surface area contributed by atoms with Crippen molar-refractivity contribution in [3.63, 3.8) is 0 Å². The maximum Gasteiger partial charge on any atom is 0.222 e. The lowest BCUT2D eigenvalue weighted by Crippen LogP contribution is -2.27. The summed E-state index contributed by atoms with van der Waals surface area (Å²) >= 11 is 0. The molecular formula is C18H12F2N3O+. The number of hydrogen-bond acceptors (Lipinski definition) is 2. The number of pyridine rings is 2. The van der Waals surface area contributed by atoms with Gasteiger partial charge in [0.15, 0.2) is 0 Å². The van der Waals surface area contributed by atoms with Crippen LogP contribution in [-0.2, 0) is 0 Å². The van der Waals surface area contributed by atoms with Crippen LogP contribution in [0.4, 0.5) is 8.78 Å². The fourth-order valence-corrected chi connectivity index (χ4v) is 2.70. The summed E-state index contributed by atoms with van der Waals surface area (Å²) in [5.74, 6) is -0.736. The Morgan fingerprint density at radius 1 is 0.833 bits per heavy atom. The van der Waals surface area contributed by atoms with E-state index in [-0.39, 0.29) is 5.82 Å². The Hall–Kier alpha value is -3.28. The standard InChI is InChI=1S/C18H12F2N3O/c19-14-3-1-13(2-4-14)18-17(12-7-9-22(24)10-8-12)16-6-5-15(20)11-23(16)21-18/h1-11,24H/q+1. The van der Waals surface area contributed by atoms with E-state index in [0.29, 0.717) is 11.2 Å². The average molecular weight is 324 g/mol. The minimum Gasteiger partial charge on any atom is -0.285 e. The number of fused-ring (bicyclic) bond motifs is 1. The molecule has 0 aliphatic heterocycles. The Labute approximate surface area is 135 Å². The van der Waals surface area contributed by atoms with Gasteiger partial charge < -0.3 is 0 Å². The molecule has 0 aliphatic carbocycles. The van der Waals surface area contributed by atoms with Crippen LogP contribution in [0, 0.1) is 11.6 Å². The molecule has 0 amide bonds. The Morgan fingerprint density at radius 3 is 2.21 bits per heavy atom. The lowest BCUT2D eigenvalue weighted by Gasteiger charge is -2.03. The van der Waals surface area contributed by atoms with Crippen LogP contribution in [0.15, 0.2) is 67.1 Å². The topological polar surface area (TPSA) is 41.4 Å². The van der Waals surface area contributed by atoms with Gasteiger partial charge >= 0.3 is 0 Å². The first-order chi connectivity index (χ1) is 11.6. The van der Waals surface area contributed by atoms with Crippen molar-refractivity contribution in [2.24, 2.45) is 0 Å². The highest BCUT2D eigenvalue weighted by atomic mass is 19.1. The molecule has 4 nitrogen and oxygen atoms in total. The summed E-state index contributed by atoms with van der Waals surface area (Å²) in [6.45, 7) is 0. The van der Waals surface area contributed by atoms with Gasteiger partial charge in [0, 0.05) is 28.0 Å². The van der Waals surface area contributed by atoms with Gasteiger partial charge in [0.25, 0.3) is 0 Å². The van der Waals surface area contributed by atoms with Gasteiger partial charge in [-0.2, -0.15) is 5.10 Å². The van der Waals surface area contributed by atoms with Gasteiger partial charge in [-0.15, -0.1) is 0 Å². The molecule has 1 aromatic carbocycles. The molecule has 0 spiro atoms. The summed E-state index contributed by atoms with van der Waals surface area (Å²) in [4.78, 5) is 0. The van der Waals surface area contributed by atoms with Crippen molar-refractivity contribution in [2.45, 2.75) is 0 Å². The highest BCUT2D eigenvalue weighted by Crippen LogP contribution is 2.34. The lowest BCUT2D eigenvalue weighted by molar-refractivity contribution is -0.904. The van der Waals surface area contributed by atoms with E-state index in [1.165, 1.54) is 41.3 Å². The van der Waals surface area contributed by atoms with Gasteiger partial charge in [-0.25, -0.2) is 13.3 Å². The van der Waals surface area contributed by atoms with E-state index in [0.717, 1.165) is 21.4 Å². The van der Waals surface area contributed by atoms with Gasteiger partial charge in [0.05, 0.1) is 11.7 Å². The molecule has 0 aliphatic rings. The molecule has 0 saturated heterocycles. The molecule has 24 heavy (non-hydrogen) atoms. The summed E-state index contributed by atoms with van der Waals surface area (Å²) in [6.07, 6.45) is 4.29. The van der Waals surface area contributed by atoms with Crippen molar-refractivity contribution in [1.82, 2.24) is 9.61 Å². The lowest BCUT2D eigenvalue weighted by atomic mass is 10.0. The van der Waals surface area contributed by atoms with Crippen LogP contribution >= 0.6 is 0 Å². The predicted octanol–water partition coefficient (Wildman–Crippen LogP) is 3.47. The summed E-state index contributed by atoms with van der Waals surface area (Å²) < 4.78 is 29.2. The van der Waals surface area contributed by atoms with Crippen molar-refractivity contribution in [3.8, 4) is 22.4 Å². The van der Waals surface area contributed by atoms with E-state index in [2.05, 4.69) is 5.10 Å². The molecule has 6 heteroatoms. The largest absolute Gasteiger partial charge is 0.285 e. The maximum absolute atomic E-state index is 13.5. The third-order valence-corrected chi connectivity index (χ3v) is 3.81. The van der Waals surface area contributed by atoms with Crippen molar-refractivity contribution in [2.75, 3.05) is 0 Å². The second kappa shape index (κ2) is 5.42. The van der Waals surface area contributed by atoms with E-state index in [1.807, 2.05) is 0 Å². The summed E-state index contributed by atoms with van der Waals surface area (Å²) in [7, 11) is 0. The van der Waals surface area contributed by atoms with Crippen molar-refractivity contribution < 1.29 is 18.7 Å². The molecule has 118 valence electrons. The monoisotopic (exact) mass is 324 g/mol. The number of rotatable bonds is 2. The smallest absolute Gasteiger partial charge is 0.222 e. The molecule has 3 heterocycles. The second-order valence-corrected chi connectivity index (χ2v) is 5.37. The summed E-state index contributed by atoms with van der Waals surface area (Å²) in [5.41, 5.74) is 3.63. The maximum atomic E-state index is 13.5. The van der Waals surface area contributed by atoms with E-state index < -0.39 is 5.82 Å². The van der Waals surface area contributed by atoms with Crippen molar-refractivity contribution in [3.05, 3.63) is 78.8 Å². The molecule has 0 saturated carbocycles. The van der Waals surface area contributed by atoms with Crippen LogP contribution in [0.25, 0.3) is 27.9 Å². The molecule has 4 rings (SSSR count). The van der Waals surface area contributed by atoms with Gasteiger partial charge in [-0.1, -0.05) is 0 Å². The number of halogens is 2. The van der Waals surface area contributed by atoms with E-state index >= 15 is 0 Å². The molecule has 0 bridgehead atoms. The molecule has 0 fully saturated rings. The van der Waals surface area contributed by atoms with E-state index in [4.69, 9.17) is 0 Å². The Balaban J connectivity index is 2.02. The minimum absolute atomic E-state index is 0.337. The molecule has 4 aromatic rings. The van der Waals surface area contributed by atoms with Crippen LogP contribution < -0.4 is 4.73 Å². The number of nitrogens with zero attached hydrogens (tertiary/aromatic N) is 3. The fourth-order valence-electron chi connectivity index (χ4n) is 2.70. The van der Waals surface area contributed by atoms with E-state index in [9.17, 15) is 14.0 Å². The predicted molar refractivity (Wildman–Crippen MR) is 83.4 cm³/mol. The third kappa shape index (κ3) is 2.38. The molecule has 3 aromatic heterocycles. The molecule has 0 atom stereocenters. The summed E-state index contributed by atoms with van der Waals surface area (Å²) in [6, 6.07) is 12.4. The fraction of sp³-hybridized carbons (Fsp3) is 0. The summed E-state index contributed by atoms with van der Waals surface area (Å²) in [5, 5.41) is 13.9. The minimum atomic E-state index is -0.400. The number of aromatic nitrogens is 3. The third-order valence-electron chi connectivity index (χ3n) is 3.81. The van der Waals surface area contributed by atoms with E-state index in [1.54, 1.807) is 30.3 Å². The van der Waals surface area contributed by atoms with Crippen LogP contribution in [0.3, 0.4) is 0 Å². The van der Waals surface area contributed by atoms with Gasteiger partial charge in [-0.05, 0) is 42.0 Å². The highest BCUT2D eigenvalue weighted by Gasteiger charge is 2.17. The number of benzene rings is 1. The van der Waals surface area contributed by atoms with Crippen LogP contribution in [0.2, 0.25) is 0 Å². The quantitative estimate of drug-likeness (QED) is 0.453. The Bertz CT molecular complexity index is 1020. The van der Waals surface area contributed by atoms with Gasteiger partial charge in [0.1, 0.15) is 17.3 Å². The number of hydrogen-bond donors (Lipinski definition) is 1. The van der Waals surface area contributed by atoms with Gasteiger partial charge in [-0.3, -0.25) is 5.21 Å². The molecular weight excluding hydrogens is 312 g/mol. The second-order valence-electron chi connectivity index (χ2n) is 5.37. The van der Waals surface area contributed by atoms with Crippen LogP contribution in [0.1, 0.15) is 0 Å². The zero-order valence-electron chi connectivity index (χ0n) is 12.4. The SMILES string of the molecule is O[n+]1ccc(-c2c(-c3ccc(F)cc3)nn3cc(F)ccc23)cc1. The van der Waals surface area contributed by atoms with Crippen molar-refractivity contribution in [1.29, 1.82) is 0 Å².